The van der Waals surface area contributed by atoms with Crippen molar-refractivity contribution in [3.63, 3.8) is 0 Å². The number of likely N-dealkylation sites (N-methyl/N-ethyl adjacent to an activating group) is 1. The zero-order valence-corrected chi connectivity index (χ0v) is 14.9. The Morgan fingerprint density at radius 2 is 1.80 bits per heavy atom. The fourth-order valence-corrected chi connectivity index (χ4v) is 2.68. The maximum Gasteiger partial charge on any atom is 0.255 e. The Bertz CT molecular complexity index is 723. The zero-order valence-electron chi connectivity index (χ0n) is 14.9. The summed E-state index contributed by atoms with van der Waals surface area (Å²) >= 11 is 0. The SMILES string of the molecule is CN1CCN(c2ncc(NC(=O)c3cccc(N(C)C)c3)cn2)CC1. The number of hydrogen-bond acceptors (Lipinski definition) is 6. The average molecular weight is 340 g/mol. The van der Waals surface area contributed by atoms with Gasteiger partial charge in [-0.25, -0.2) is 9.97 Å². The second-order valence-corrected chi connectivity index (χ2v) is 6.46. The molecule has 1 saturated heterocycles. The summed E-state index contributed by atoms with van der Waals surface area (Å²) in [4.78, 5) is 27.6. The van der Waals surface area contributed by atoms with Crippen LogP contribution in [0.2, 0.25) is 0 Å². The van der Waals surface area contributed by atoms with Crippen LogP contribution in [0.5, 0.6) is 0 Å². The van der Waals surface area contributed by atoms with E-state index in [1.807, 2.05) is 37.2 Å². The van der Waals surface area contributed by atoms with E-state index in [0.29, 0.717) is 17.2 Å². The Hall–Kier alpha value is -2.67. The molecule has 0 atom stereocenters. The van der Waals surface area contributed by atoms with Gasteiger partial charge in [0.1, 0.15) is 0 Å². The van der Waals surface area contributed by atoms with Gasteiger partial charge in [0.25, 0.3) is 5.91 Å². The molecule has 1 aliphatic rings. The standard InChI is InChI=1S/C18H24N6O/c1-22(2)16-6-4-5-14(11-16)17(25)21-15-12-19-18(20-13-15)24-9-7-23(3)8-10-24/h4-6,11-13H,7-10H2,1-3H3,(H,21,25). The van der Waals surface area contributed by atoms with Crippen LogP contribution in [0.25, 0.3) is 0 Å². The van der Waals surface area contributed by atoms with Crippen molar-refractivity contribution in [3.8, 4) is 0 Å². The molecule has 7 nitrogen and oxygen atoms in total. The summed E-state index contributed by atoms with van der Waals surface area (Å²) in [5.41, 5.74) is 2.18. The molecular formula is C18H24N6O. The van der Waals surface area contributed by atoms with E-state index in [1.54, 1.807) is 18.5 Å². The zero-order chi connectivity index (χ0) is 17.8. The molecule has 2 aromatic rings. The molecule has 132 valence electrons. The van der Waals surface area contributed by atoms with Crippen LogP contribution >= 0.6 is 0 Å². The first-order valence-electron chi connectivity index (χ1n) is 8.37. The van der Waals surface area contributed by atoms with Gasteiger partial charge >= 0.3 is 0 Å². The molecule has 3 rings (SSSR count). The Morgan fingerprint density at radius 3 is 2.44 bits per heavy atom. The highest BCUT2D eigenvalue weighted by Crippen LogP contribution is 2.16. The van der Waals surface area contributed by atoms with Crippen LogP contribution in [-0.2, 0) is 0 Å². The molecule has 0 saturated carbocycles. The summed E-state index contributed by atoms with van der Waals surface area (Å²) in [6.45, 7) is 3.84. The van der Waals surface area contributed by atoms with Crippen molar-refractivity contribution in [2.75, 3.05) is 62.4 Å². The van der Waals surface area contributed by atoms with Gasteiger partial charge in [0.2, 0.25) is 5.95 Å². The molecule has 0 aliphatic carbocycles. The number of amides is 1. The van der Waals surface area contributed by atoms with Crippen molar-refractivity contribution in [2.24, 2.45) is 0 Å². The van der Waals surface area contributed by atoms with Gasteiger partial charge < -0.3 is 20.0 Å². The summed E-state index contributed by atoms with van der Waals surface area (Å²) < 4.78 is 0. The fourth-order valence-electron chi connectivity index (χ4n) is 2.68. The minimum Gasteiger partial charge on any atom is -0.378 e. The molecule has 1 aromatic carbocycles. The third kappa shape index (κ3) is 4.24. The molecule has 25 heavy (non-hydrogen) atoms. The maximum absolute atomic E-state index is 12.4. The van der Waals surface area contributed by atoms with Crippen LogP contribution in [0.3, 0.4) is 0 Å². The number of hydrogen-bond donors (Lipinski definition) is 1. The lowest BCUT2D eigenvalue weighted by Crippen LogP contribution is -2.45. The molecular weight excluding hydrogens is 316 g/mol. The minimum atomic E-state index is -0.167. The van der Waals surface area contributed by atoms with E-state index in [2.05, 4.69) is 32.1 Å². The highest BCUT2D eigenvalue weighted by molar-refractivity contribution is 6.04. The van der Waals surface area contributed by atoms with Crippen molar-refractivity contribution < 1.29 is 4.79 Å². The van der Waals surface area contributed by atoms with Gasteiger partial charge in [-0.15, -0.1) is 0 Å². The van der Waals surface area contributed by atoms with Crippen molar-refractivity contribution in [2.45, 2.75) is 0 Å². The molecule has 1 aromatic heterocycles. The molecule has 0 radical (unpaired) electrons. The molecule has 2 heterocycles. The van der Waals surface area contributed by atoms with E-state index in [1.165, 1.54) is 0 Å². The molecule has 0 unspecified atom stereocenters. The smallest absolute Gasteiger partial charge is 0.255 e. The van der Waals surface area contributed by atoms with Crippen molar-refractivity contribution in [1.82, 2.24) is 14.9 Å². The van der Waals surface area contributed by atoms with E-state index in [-0.39, 0.29) is 5.91 Å². The first-order valence-corrected chi connectivity index (χ1v) is 8.37. The number of aromatic nitrogens is 2. The van der Waals surface area contributed by atoms with Crippen LogP contribution in [0.4, 0.5) is 17.3 Å². The molecule has 7 heteroatoms. The van der Waals surface area contributed by atoms with Crippen LogP contribution in [0, 0.1) is 0 Å². The lowest BCUT2D eigenvalue weighted by Gasteiger charge is -2.32. The van der Waals surface area contributed by atoms with Gasteiger partial charge in [-0.1, -0.05) is 6.07 Å². The highest BCUT2D eigenvalue weighted by Gasteiger charge is 2.16. The summed E-state index contributed by atoms with van der Waals surface area (Å²) in [5, 5.41) is 2.85. The van der Waals surface area contributed by atoms with Crippen molar-refractivity contribution >= 4 is 23.2 Å². The third-order valence-corrected chi connectivity index (χ3v) is 4.31. The van der Waals surface area contributed by atoms with Crippen LogP contribution < -0.4 is 15.1 Å². The second-order valence-electron chi connectivity index (χ2n) is 6.46. The van der Waals surface area contributed by atoms with Gasteiger partial charge in [-0.05, 0) is 25.2 Å². The van der Waals surface area contributed by atoms with Crippen LogP contribution in [0.15, 0.2) is 36.7 Å². The number of benzene rings is 1. The predicted octanol–water partition coefficient (Wildman–Crippen LogP) is 1.55. The monoisotopic (exact) mass is 340 g/mol. The minimum absolute atomic E-state index is 0.167. The third-order valence-electron chi connectivity index (χ3n) is 4.31. The van der Waals surface area contributed by atoms with Gasteiger partial charge in [0.15, 0.2) is 0 Å². The van der Waals surface area contributed by atoms with E-state index >= 15 is 0 Å². The summed E-state index contributed by atoms with van der Waals surface area (Å²) in [6.07, 6.45) is 3.32. The second kappa shape index (κ2) is 7.48. The van der Waals surface area contributed by atoms with Gasteiger partial charge in [0, 0.05) is 51.5 Å². The number of carbonyl (C=O) groups excluding carboxylic acids is 1. The molecule has 1 amide bonds. The molecule has 1 fully saturated rings. The normalized spacial score (nSPS) is 15.1. The van der Waals surface area contributed by atoms with E-state index in [4.69, 9.17) is 0 Å². The summed E-state index contributed by atoms with van der Waals surface area (Å²) in [6, 6.07) is 7.48. The number of nitrogens with zero attached hydrogens (tertiary/aromatic N) is 5. The van der Waals surface area contributed by atoms with Crippen LogP contribution in [-0.4, -0.2) is 68.1 Å². The van der Waals surface area contributed by atoms with Crippen LogP contribution in [0.1, 0.15) is 10.4 Å². The summed E-state index contributed by atoms with van der Waals surface area (Å²) in [7, 11) is 6.01. The number of carbonyl (C=O) groups is 1. The Morgan fingerprint density at radius 1 is 1.12 bits per heavy atom. The average Bonchev–Trinajstić information content (AvgIpc) is 2.63. The lowest BCUT2D eigenvalue weighted by atomic mass is 10.2. The first kappa shape index (κ1) is 17.2. The summed E-state index contributed by atoms with van der Waals surface area (Å²) in [5.74, 6) is 0.542. The van der Waals surface area contributed by atoms with Gasteiger partial charge in [-0.3, -0.25) is 4.79 Å². The van der Waals surface area contributed by atoms with E-state index < -0.39 is 0 Å². The molecule has 0 spiro atoms. The maximum atomic E-state index is 12.4. The Balaban J connectivity index is 1.65. The number of piperazine rings is 1. The fraction of sp³-hybridized carbons (Fsp3) is 0.389. The van der Waals surface area contributed by atoms with E-state index in [9.17, 15) is 4.79 Å². The highest BCUT2D eigenvalue weighted by atomic mass is 16.1. The lowest BCUT2D eigenvalue weighted by molar-refractivity contribution is 0.102. The molecule has 0 bridgehead atoms. The first-order chi connectivity index (χ1) is 12.0. The van der Waals surface area contributed by atoms with E-state index in [0.717, 1.165) is 31.9 Å². The molecule has 1 N–H and O–H groups in total. The quantitative estimate of drug-likeness (QED) is 0.911. The number of rotatable bonds is 4. The topological polar surface area (TPSA) is 64.6 Å². The van der Waals surface area contributed by atoms with Crippen molar-refractivity contribution in [1.29, 1.82) is 0 Å². The number of nitrogens with one attached hydrogen (secondary N) is 1. The largest absolute Gasteiger partial charge is 0.378 e. The van der Waals surface area contributed by atoms with Crippen molar-refractivity contribution in [3.05, 3.63) is 42.2 Å². The Labute approximate surface area is 148 Å². The predicted molar refractivity (Wildman–Crippen MR) is 100 cm³/mol. The van der Waals surface area contributed by atoms with Gasteiger partial charge in [0.05, 0.1) is 18.1 Å². The molecule has 1 aliphatic heterocycles. The van der Waals surface area contributed by atoms with Gasteiger partial charge in [-0.2, -0.15) is 0 Å². The number of anilines is 3. The Kier molecular flexibility index (Phi) is 5.14.